The van der Waals surface area contributed by atoms with E-state index in [1.54, 1.807) is 10.9 Å². The molecule has 11 nitrogen and oxygen atoms in total. The lowest BCUT2D eigenvalue weighted by Crippen LogP contribution is -2.32. The summed E-state index contributed by atoms with van der Waals surface area (Å²) in [5.41, 5.74) is 5.18. The van der Waals surface area contributed by atoms with Gasteiger partial charge in [0.15, 0.2) is 0 Å². The first-order chi connectivity index (χ1) is 17.8. The van der Waals surface area contributed by atoms with Crippen LogP contribution >= 0.6 is 0 Å². The van der Waals surface area contributed by atoms with Gasteiger partial charge in [-0.25, -0.2) is 14.6 Å². The third-order valence-corrected chi connectivity index (χ3v) is 6.58. The van der Waals surface area contributed by atoms with Crippen LogP contribution in [0.4, 0.5) is 0 Å². The van der Waals surface area contributed by atoms with Crippen LogP contribution < -0.4 is 9.47 Å². The van der Waals surface area contributed by atoms with Crippen LogP contribution in [-0.2, 0) is 13.6 Å². The maximum absolute atomic E-state index is 9.94. The van der Waals surface area contributed by atoms with Crippen LogP contribution in [-0.4, -0.2) is 76.8 Å². The minimum atomic E-state index is -0.207. The van der Waals surface area contributed by atoms with Crippen LogP contribution in [0, 0.1) is 6.92 Å². The molecule has 2 atom stereocenters. The predicted octanol–water partition coefficient (Wildman–Crippen LogP) is 2.97. The fourth-order valence-corrected chi connectivity index (χ4v) is 4.78. The molecule has 0 unspecified atom stereocenters. The number of rotatable bonds is 4. The molecule has 196 valence electrons. The van der Waals surface area contributed by atoms with Crippen molar-refractivity contribution >= 4 is 17.7 Å². The van der Waals surface area contributed by atoms with Crippen LogP contribution in [0.25, 0.3) is 28.9 Å². The highest BCUT2D eigenvalue weighted by Crippen LogP contribution is 2.32. The monoisotopic (exact) mass is 506 g/mol. The molecular formula is C26H34N8O3. The number of aliphatic hydroxyl groups is 1. The molecule has 0 saturated carbocycles. The summed E-state index contributed by atoms with van der Waals surface area (Å²) < 4.78 is 18.0. The zero-order chi connectivity index (χ0) is 26.3. The minimum absolute atomic E-state index is 0.0319. The van der Waals surface area contributed by atoms with Gasteiger partial charge in [-0.05, 0) is 46.9 Å². The Bertz CT molecular complexity index is 1450. The van der Waals surface area contributed by atoms with E-state index in [9.17, 15) is 5.11 Å². The molecule has 5 heterocycles. The third kappa shape index (κ3) is 4.60. The van der Waals surface area contributed by atoms with E-state index in [4.69, 9.17) is 19.6 Å². The summed E-state index contributed by atoms with van der Waals surface area (Å²) in [6.45, 7) is 9.59. The Morgan fingerprint density at radius 3 is 2.81 bits per heavy atom. The first kappa shape index (κ1) is 25.0. The first-order valence-electron chi connectivity index (χ1n) is 12.6. The van der Waals surface area contributed by atoms with Crippen molar-refractivity contribution < 1.29 is 14.6 Å². The Labute approximate surface area is 216 Å². The Kier molecular flexibility index (Phi) is 6.74. The van der Waals surface area contributed by atoms with Gasteiger partial charge in [0, 0.05) is 26.3 Å². The van der Waals surface area contributed by atoms with Crippen LogP contribution in [0.5, 0.6) is 11.8 Å². The summed E-state index contributed by atoms with van der Waals surface area (Å²) >= 11 is 0. The van der Waals surface area contributed by atoms with Gasteiger partial charge < -0.3 is 14.6 Å². The van der Waals surface area contributed by atoms with Crippen molar-refractivity contribution in [1.29, 1.82) is 0 Å². The van der Waals surface area contributed by atoms with Crippen LogP contribution in [0.15, 0.2) is 18.6 Å². The molecule has 0 fully saturated rings. The molecule has 0 aromatic carbocycles. The van der Waals surface area contributed by atoms with Gasteiger partial charge in [0.2, 0.25) is 11.8 Å². The predicted molar refractivity (Wildman–Crippen MR) is 140 cm³/mol. The third-order valence-electron chi connectivity index (χ3n) is 6.58. The van der Waals surface area contributed by atoms with Gasteiger partial charge in [-0.15, -0.1) is 5.10 Å². The van der Waals surface area contributed by atoms with Crippen molar-refractivity contribution in [3.8, 4) is 23.0 Å². The van der Waals surface area contributed by atoms with Crippen molar-refractivity contribution in [2.45, 2.75) is 46.4 Å². The highest BCUT2D eigenvalue weighted by atomic mass is 16.5. The highest BCUT2D eigenvalue weighted by molar-refractivity contribution is 5.74. The van der Waals surface area contributed by atoms with Gasteiger partial charge >= 0.3 is 0 Å². The summed E-state index contributed by atoms with van der Waals surface area (Å²) in [7, 11) is 3.92. The van der Waals surface area contributed by atoms with Crippen molar-refractivity contribution in [3.63, 3.8) is 0 Å². The lowest BCUT2D eigenvalue weighted by Gasteiger charge is -2.24. The van der Waals surface area contributed by atoms with Gasteiger partial charge in [0.1, 0.15) is 11.9 Å². The van der Waals surface area contributed by atoms with Crippen LogP contribution in [0.3, 0.4) is 0 Å². The number of likely N-dealkylation sites (N-methyl/N-ethyl adjacent to an activating group) is 1. The normalized spacial score (nSPS) is 18.1. The van der Waals surface area contributed by atoms with Crippen molar-refractivity contribution in [2.75, 3.05) is 26.8 Å². The number of hydrogen-bond acceptors (Lipinski definition) is 8. The smallest absolute Gasteiger partial charge is 0.240 e. The number of imidazole rings is 1. The molecule has 0 spiro atoms. The molecule has 2 bridgehead atoms. The lowest BCUT2D eigenvalue weighted by atomic mass is 10.2. The Hall–Kier alpha value is -3.70. The number of hydrogen-bond donors (Lipinski definition) is 1. The molecule has 0 amide bonds. The van der Waals surface area contributed by atoms with Crippen molar-refractivity contribution in [2.24, 2.45) is 7.05 Å². The number of aryl methyl sites for hydroxylation is 2. The van der Waals surface area contributed by atoms with E-state index in [-0.39, 0.29) is 18.8 Å². The molecule has 1 aliphatic rings. The summed E-state index contributed by atoms with van der Waals surface area (Å²) in [6.07, 6.45) is 9.43. The topological polar surface area (TPSA) is 108 Å². The number of fused-ring (bicyclic) bond motifs is 4. The van der Waals surface area contributed by atoms with Gasteiger partial charge in [0.05, 0.1) is 65.4 Å². The van der Waals surface area contributed by atoms with E-state index < -0.39 is 0 Å². The Balaban J connectivity index is 1.73. The maximum atomic E-state index is 9.94. The van der Waals surface area contributed by atoms with Crippen molar-refractivity contribution in [1.82, 2.24) is 38.8 Å². The van der Waals surface area contributed by atoms with E-state index in [2.05, 4.69) is 15.0 Å². The fourth-order valence-electron chi connectivity index (χ4n) is 4.78. The molecule has 37 heavy (non-hydrogen) atoms. The summed E-state index contributed by atoms with van der Waals surface area (Å²) in [6, 6.07) is -0.207. The van der Waals surface area contributed by atoms with E-state index in [1.807, 2.05) is 75.4 Å². The van der Waals surface area contributed by atoms with Gasteiger partial charge in [-0.3, -0.25) is 14.0 Å². The van der Waals surface area contributed by atoms with Gasteiger partial charge in [-0.1, -0.05) is 0 Å². The van der Waals surface area contributed by atoms with E-state index in [1.165, 1.54) is 0 Å². The summed E-state index contributed by atoms with van der Waals surface area (Å²) in [5.74, 6) is 1.95. The zero-order valence-corrected chi connectivity index (χ0v) is 22.2. The number of aromatic nitrogens is 7. The van der Waals surface area contributed by atoms with Crippen molar-refractivity contribution in [3.05, 3.63) is 41.4 Å². The number of ether oxygens (including phenoxy) is 2. The lowest BCUT2D eigenvalue weighted by molar-refractivity contribution is 0.145. The summed E-state index contributed by atoms with van der Waals surface area (Å²) in [5, 5.41) is 19.1. The highest BCUT2D eigenvalue weighted by Gasteiger charge is 2.24. The quantitative estimate of drug-likeness (QED) is 0.450. The second-order valence-electron chi connectivity index (χ2n) is 9.60. The second-order valence-corrected chi connectivity index (χ2v) is 9.60. The molecule has 11 heteroatoms. The van der Waals surface area contributed by atoms with E-state index in [0.717, 1.165) is 39.5 Å². The van der Waals surface area contributed by atoms with E-state index >= 15 is 0 Å². The average molecular weight is 507 g/mol. The summed E-state index contributed by atoms with van der Waals surface area (Å²) in [4.78, 5) is 11.7. The SMILES string of the molecule is CCOc1nn([C@@H](C)CO)c2c1/C=C/c1ncc3c(C)nc(cn13)-c1cnn(C)c1O[C@@H](C)CN(C)C2. The maximum Gasteiger partial charge on any atom is 0.240 e. The minimum Gasteiger partial charge on any atom is -0.476 e. The van der Waals surface area contributed by atoms with Crippen LogP contribution in [0.2, 0.25) is 0 Å². The molecule has 1 N–H and O–H groups in total. The Morgan fingerprint density at radius 2 is 2.05 bits per heavy atom. The first-order valence-corrected chi connectivity index (χ1v) is 12.6. The molecule has 0 saturated heterocycles. The number of nitrogens with zero attached hydrogens (tertiary/aromatic N) is 8. The molecule has 0 aliphatic carbocycles. The molecule has 5 rings (SSSR count). The second kappa shape index (κ2) is 9.98. The molecule has 1 aliphatic heterocycles. The molecule has 0 radical (unpaired) electrons. The molecule has 4 aromatic heterocycles. The van der Waals surface area contributed by atoms with Gasteiger partial charge in [0.25, 0.3) is 0 Å². The molecule has 4 aromatic rings. The number of aliphatic hydroxyl groups excluding tert-OH is 1. The fraction of sp³-hybridized carbons (Fsp3) is 0.462. The van der Waals surface area contributed by atoms with E-state index in [0.29, 0.717) is 31.5 Å². The average Bonchev–Trinajstić information content (AvgIpc) is 3.53. The Morgan fingerprint density at radius 1 is 1.24 bits per heavy atom. The standard InChI is InChI=1S/C26H34N8O3/c1-7-36-25-19-8-9-24-27-11-22-18(4)29-21(13-33(22)24)20-10-28-32(6)26(20)37-17(3)12-31(5)14-23(19)34(30-25)16(2)15-35/h8-11,13,16-17,35H,7,12,14-15H2,1-6H3/b9-8+/t16-,17-/m0/s1. The largest absolute Gasteiger partial charge is 0.476 e. The van der Waals surface area contributed by atoms with Gasteiger partial charge in [-0.2, -0.15) is 5.10 Å². The van der Waals surface area contributed by atoms with Crippen LogP contribution in [0.1, 0.15) is 49.6 Å². The molecular weight excluding hydrogens is 472 g/mol. The zero-order valence-electron chi connectivity index (χ0n) is 22.2.